The SMILES string of the molecule is COc1ccc(-c2noc(-c3ccc(NCCc4ccccc4)nc3)n2)cc1. The number of methoxy groups -OCH3 is 1. The first kappa shape index (κ1) is 17.7. The van der Waals surface area contributed by atoms with Crippen LogP contribution in [-0.2, 0) is 6.42 Å². The maximum Gasteiger partial charge on any atom is 0.259 e. The lowest BCUT2D eigenvalue weighted by Gasteiger charge is -2.05. The Morgan fingerprint density at radius 2 is 1.71 bits per heavy atom. The third-order valence-electron chi connectivity index (χ3n) is 4.35. The molecule has 2 heterocycles. The molecule has 0 aliphatic heterocycles. The minimum atomic E-state index is 0.439. The van der Waals surface area contributed by atoms with Crippen LogP contribution in [0.25, 0.3) is 22.8 Å². The summed E-state index contributed by atoms with van der Waals surface area (Å²) in [4.78, 5) is 8.89. The van der Waals surface area contributed by atoms with Crippen molar-refractivity contribution in [2.45, 2.75) is 6.42 Å². The molecular weight excluding hydrogens is 352 g/mol. The minimum absolute atomic E-state index is 0.439. The van der Waals surface area contributed by atoms with Crippen molar-refractivity contribution in [2.24, 2.45) is 0 Å². The van der Waals surface area contributed by atoms with Crippen LogP contribution in [0.2, 0.25) is 0 Å². The number of benzene rings is 2. The van der Waals surface area contributed by atoms with Crippen LogP contribution in [0.5, 0.6) is 5.75 Å². The first-order chi connectivity index (χ1) is 13.8. The van der Waals surface area contributed by atoms with Crippen molar-refractivity contribution in [3.63, 3.8) is 0 Å². The lowest BCUT2D eigenvalue weighted by molar-refractivity contribution is 0.415. The monoisotopic (exact) mass is 372 g/mol. The summed E-state index contributed by atoms with van der Waals surface area (Å²) in [5.74, 6) is 2.57. The van der Waals surface area contributed by atoms with Gasteiger partial charge in [0, 0.05) is 18.3 Å². The molecule has 0 bridgehead atoms. The maximum atomic E-state index is 5.39. The highest BCUT2D eigenvalue weighted by atomic mass is 16.5. The van der Waals surface area contributed by atoms with E-state index in [1.807, 2.05) is 54.6 Å². The van der Waals surface area contributed by atoms with Crippen LogP contribution < -0.4 is 10.1 Å². The molecule has 0 saturated heterocycles. The predicted molar refractivity (Wildman–Crippen MR) is 108 cm³/mol. The van der Waals surface area contributed by atoms with Crippen molar-refractivity contribution in [2.75, 3.05) is 19.0 Å². The number of hydrogen-bond acceptors (Lipinski definition) is 6. The van der Waals surface area contributed by atoms with Crippen LogP contribution in [0.3, 0.4) is 0 Å². The van der Waals surface area contributed by atoms with E-state index in [0.717, 1.165) is 35.7 Å². The molecule has 0 aliphatic rings. The number of anilines is 1. The van der Waals surface area contributed by atoms with E-state index in [9.17, 15) is 0 Å². The first-order valence-electron chi connectivity index (χ1n) is 9.04. The van der Waals surface area contributed by atoms with Crippen LogP contribution in [0, 0.1) is 0 Å². The second-order valence-electron chi connectivity index (χ2n) is 6.25. The van der Waals surface area contributed by atoms with Crippen molar-refractivity contribution in [3.05, 3.63) is 78.5 Å². The highest BCUT2D eigenvalue weighted by Gasteiger charge is 2.11. The average molecular weight is 372 g/mol. The molecule has 0 aliphatic carbocycles. The van der Waals surface area contributed by atoms with Gasteiger partial charge in [-0.2, -0.15) is 4.98 Å². The lowest BCUT2D eigenvalue weighted by atomic mass is 10.1. The number of nitrogens with one attached hydrogen (secondary N) is 1. The largest absolute Gasteiger partial charge is 0.497 e. The zero-order valence-electron chi connectivity index (χ0n) is 15.5. The molecule has 6 nitrogen and oxygen atoms in total. The van der Waals surface area contributed by atoms with Crippen LogP contribution >= 0.6 is 0 Å². The van der Waals surface area contributed by atoms with E-state index in [0.29, 0.717) is 11.7 Å². The van der Waals surface area contributed by atoms with Crippen molar-refractivity contribution >= 4 is 5.82 Å². The zero-order valence-corrected chi connectivity index (χ0v) is 15.5. The van der Waals surface area contributed by atoms with Crippen LogP contribution in [0.1, 0.15) is 5.56 Å². The molecular formula is C22H20N4O2. The van der Waals surface area contributed by atoms with Gasteiger partial charge in [0.2, 0.25) is 5.82 Å². The van der Waals surface area contributed by atoms with Gasteiger partial charge in [-0.25, -0.2) is 4.98 Å². The molecule has 4 aromatic rings. The van der Waals surface area contributed by atoms with E-state index in [2.05, 4.69) is 32.6 Å². The Hall–Kier alpha value is -3.67. The number of rotatable bonds is 7. The molecule has 4 rings (SSSR count). The Morgan fingerprint density at radius 3 is 2.43 bits per heavy atom. The smallest absolute Gasteiger partial charge is 0.259 e. The number of pyridine rings is 1. The minimum Gasteiger partial charge on any atom is -0.497 e. The molecule has 28 heavy (non-hydrogen) atoms. The molecule has 6 heteroatoms. The fourth-order valence-electron chi connectivity index (χ4n) is 2.80. The standard InChI is InChI=1S/C22H20N4O2/c1-27-19-10-7-17(8-11-19)21-25-22(28-26-21)18-9-12-20(24-15-18)23-14-13-16-5-3-2-4-6-16/h2-12,15H,13-14H2,1H3,(H,23,24). The van der Waals surface area contributed by atoms with Gasteiger partial charge < -0.3 is 14.6 Å². The molecule has 2 aromatic carbocycles. The third kappa shape index (κ3) is 4.17. The zero-order chi connectivity index (χ0) is 19.2. The molecule has 0 atom stereocenters. The fraction of sp³-hybridized carbons (Fsp3) is 0.136. The van der Waals surface area contributed by atoms with Crippen LogP contribution in [-0.4, -0.2) is 28.8 Å². The molecule has 0 amide bonds. The summed E-state index contributed by atoms with van der Waals surface area (Å²) in [6, 6.07) is 21.7. The summed E-state index contributed by atoms with van der Waals surface area (Å²) in [7, 11) is 1.63. The summed E-state index contributed by atoms with van der Waals surface area (Å²) in [5, 5.41) is 7.38. The van der Waals surface area contributed by atoms with Gasteiger partial charge in [-0.05, 0) is 48.4 Å². The Kier molecular flexibility index (Phi) is 5.29. The Bertz CT molecular complexity index is 1010. The van der Waals surface area contributed by atoms with Gasteiger partial charge in [0.15, 0.2) is 0 Å². The van der Waals surface area contributed by atoms with Gasteiger partial charge in [-0.15, -0.1) is 0 Å². The molecule has 0 fully saturated rings. The predicted octanol–water partition coefficient (Wildman–Crippen LogP) is 4.46. The third-order valence-corrected chi connectivity index (χ3v) is 4.35. The summed E-state index contributed by atoms with van der Waals surface area (Å²) < 4.78 is 10.6. The van der Waals surface area contributed by atoms with E-state index >= 15 is 0 Å². The van der Waals surface area contributed by atoms with Gasteiger partial charge in [0.1, 0.15) is 11.6 Å². The van der Waals surface area contributed by atoms with E-state index < -0.39 is 0 Å². The van der Waals surface area contributed by atoms with E-state index in [1.54, 1.807) is 13.3 Å². The first-order valence-corrected chi connectivity index (χ1v) is 9.04. The maximum absolute atomic E-state index is 5.39. The molecule has 0 spiro atoms. The second kappa shape index (κ2) is 8.35. The molecule has 0 saturated carbocycles. The lowest BCUT2D eigenvalue weighted by Crippen LogP contribution is -2.05. The van der Waals surface area contributed by atoms with E-state index in [-0.39, 0.29) is 0 Å². The van der Waals surface area contributed by atoms with Crippen molar-refractivity contribution < 1.29 is 9.26 Å². The van der Waals surface area contributed by atoms with Crippen molar-refractivity contribution in [1.82, 2.24) is 15.1 Å². The Morgan fingerprint density at radius 1 is 0.929 bits per heavy atom. The molecule has 0 unspecified atom stereocenters. The number of ether oxygens (including phenoxy) is 1. The fourth-order valence-corrected chi connectivity index (χ4v) is 2.80. The second-order valence-corrected chi connectivity index (χ2v) is 6.25. The highest BCUT2D eigenvalue weighted by Crippen LogP contribution is 2.24. The topological polar surface area (TPSA) is 73.1 Å². The molecule has 2 aromatic heterocycles. The highest BCUT2D eigenvalue weighted by molar-refractivity contribution is 5.60. The Balaban J connectivity index is 1.39. The quantitative estimate of drug-likeness (QED) is 0.516. The van der Waals surface area contributed by atoms with Crippen molar-refractivity contribution in [3.8, 4) is 28.6 Å². The summed E-state index contributed by atoms with van der Waals surface area (Å²) in [5.41, 5.74) is 2.94. The van der Waals surface area contributed by atoms with Gasteiger partial charge in [-0.3, -0.25) is 0 Å². The summed E-state index contributed by atoms with van der Waals surface area (Å²) in [6.07, 6.45) is 2.68. The molecule has 1 N–H and O–H groups in total. The van der Waals surface area contributed by atoms with E-state index in [4.69, 9.17) is 9.26 Å². The number of hydrogen-bond donors (Lipinski definition) is 1. The van der Waals surface area contributed by atoms with E-state index in [1.165, 1.54) is 5.56 Å². The van der Waals surface area contributed by atoms with Gasteiger partial charge >= 0.3 is 0 Å². The summed E-state index contributed by atoms with van der Waals surface area (Å²) >= 11 is 0. The number of aromatic nitrogens is 3. The summed E-state index contributed by atoms with van der Waals surface area (Å²) in [6.45, 7) is 0.818. The van der Waals surface area contributed by atoms with Gasteiger partial charge in [0.05, 0.1) is 12.7 Å². The Labute approximate surface area is 163 Å². The molecule has 140 valence electrons. The molecule has 0 radical (unpaired) electrons. The van der Waals surface area contributed by atoms with Gasteiger partial charge in [-0.1, -0.05) is 35.5 Å². The van der Waals surface area contributed by atoms with Gasteiger partial charge in [0.25, 0.3) is 5.89 Å². The van der Waals surface area contributed by atoms with Crippen LogP contribution in [0.15, 0.2) is 77.4 Å². The normalized spacial score (nSPS) is 10.6. The van der Waals surface area contributed by atoms with Crippen LogP contribution in [0.4, 0.5) is 5.82 Å². The number of nitrogens with zero attached hydrogens (tertiary/aromatic N) is 3. The average Bonchev–Trinajstić information content (AvgIpc) is 3.25. The van der Waals surface area contributed by atoms with Crippen molar-refractivity contribution in [1.29, 1.82) is 0 Å².